The lowest BCUT2D eigenvalue weighted by Crippen LogP contribution is -2.47. The van der Waals surface area contributed by atoms with Crippen molar-refractivity contribution in [2.24, 2.45) is 0 Å². The van der Waals surface area contributed by atoms with Crippen LogP contribution in [0.15, 0.2) is 24.3 Å². The Morgan fingerprint density at radius 3 is 2.58 bits per heavy atom. The topological polar surface area (TPSA) is 62.8 Å². The molecule has 26 heavy (non-hydrogen) atoms. The quantitative estimate of drug-likeness (QED) is 0.601. The molecule has 1 aromatic carbocycles. The Hall–Kier alpha value is -0.960. The fourth-order valence-electron chi connectivity index (χ4n) is 2.71. The molecule has 150 valence electrons. The number of rotatable bonds is 9. The average molecular weight is 412 g/mol. The molecular weight excluding hydrogens is 384 g/mol. The second kappa shape index (κ2) is 14.1. The minimum Gasteiger partial charge on any atom is -0.383 e. The highest BCUT2D eigenvalue weighted by Gasteiger charge is 2.30. The van der Waals surface area contributed by atoms with Gasteiger partial charge in [0.25, 0.3) is 0 Å². The van der Waals surface area contributed by atoms with Crippen LogP contribution in [0.25, 0.3) is 0 Å². The molecule has 1 amide bonds. The van der Waals surface area contributed by atoms with Crippen molar-refractivity contribution in [3.8, 4) is 0 Å². The highest BCUT2D eigenvalue weighted by molar-refractivity contribution is 5.85. The van der Waals surface area contributed by atoms with Gasteiger partial charge >= 0.3 is 0 Å². The van der Waals surface area contributed by atoms with E-state index in [1.807, 2.05) is 4.90 Å². The number of halogens is 3. The van der Waals surface area contributed by atoms with Crippen molar-refractivity contribution < 1.29 is 18.7 Å². The molecule has 9 heteroatoms. The van der Waals surface area contributed by atoms with Gasteiger partial charge in [0, 0.05) is 45.4 Å². The van der Waals surface area contributed by atoms with Crippen LogP contribution >= 0.6 is 24.8 Å². The van der Waals surface area contributed by atoms with Gasteiger partial charge in [-0.3, -0.25) is 9.69 Å². The van der Waals surface area contributed by atoms with Crippen LogP contribution in [0, 0.1) is 5.82 Å². The third kappa shape index (κ3) is 7.73. The Morgan fingerprint density at radius 2 is 1.92 bits per heavy atom. The fraction of sp³-hybridized carbons (Fsp3) is 0.588. The first-order valence-electron chi connectivity index (χ1n) is 8.27. The SMILES string of the molecule is COCCNCCNC(=O)C(c1ccccc1F)N1CCOCC1.Cl.Cl. The van der Waals surface area contributed by atoms with Crippen LogP contribution in [0.5, 0.6) is 0 Å². The third-order valence-electron chi connectivity index (χ3n) is 3.94. The van der Waals surface area contributed by atoms with Gasteiger partial charge in [0.05, 0.1) is 19.8 Å². The summed E-state index contributed by atoms with van der Waals surface area (Å²) in [5.41, 5.74) is 0.407. The van der Waals surface area contributed by atoms with Gasteiger partial charge < -0.3 is 20.1 Å². The zero-order valence-electron chi connectivity index (χ0n) is 14.9. The van der Waals surface area contributed by atoms with Crippen molar-refractivity contribution in [2.75, 3.05) is 59.7 Å². The number of hydrogen-bond donors (Lipinski definition) is 2. The van der Waals surface area contributed by atoms with E-state index in [-0.39, 0.29) is 36.5 Å². The molecule has 2 rings (SSSR count). The minimum atomic E-state index is -0.630. The number of amides is 1. The lowest BCUT2D eigenvalue weighted by atomic mass is 10.0. The summed E-state index contributed by atoms with van der Waals surface area (Å²) in [6.45, 7) is 4.80. The number of morpholine rings is 1. The first-order valence-corrected chi connectivity index (χ1v) is 8.27. The molecule has 1 saturated heterocycles. The summed E-state index contributed by atoms with van der Waals surface area (Å²) in [6.07, 6.45) is 0. The molecule has 2 N–H and O–H groups in total. The largest absolute Gasteiger partial charge is 0.383 e. The molecule has 0 saturated carbocycles. The molecule has 1 aliphatic rings. The Labute approximate surface area is 166 Å². The van der Waals surface area contributed by atoms with Crippen molar-refractivity contribution >= 4 is 30.7 Å². The van der Waals surface area contributed by atoms with Crippen LogP contribution in [0.3, 0.4) is 0 Å². The Morgan fingerprint density at radius 1 is 1.23 bits per heavy atom. The summed E-state index contributed by atoms with van der Waals surface area (Å²) in [5, 5.41) is 6.06. The molecule has 1 aliphatic heterocycles. The summed E-state index contributed by atoms with van der Waals surface area (Å²) in [6, 6.07) is 5.82. The first-order chi connectivity index (χ1) is 11.7. The molecule has 0 aliphatic carbocycles. The summed E-state index contributed by atoms with van der Waals surface area (Å²) in [4.78, 5) is 14.6. The van der Waals surface area contributed by atoms with Crippen LogP contribution in [0.4, 0.5) is 4.39 Å². The Balaban J connectivity index is 0.00000312. The van der Waals surface area contributed by atoms with E-state index in [4.69, 9.17) is 9.47 Å². The number of nitrogens with zero attached hydrogens (tertiary/aromatic N) is 1. The number of ether oxygens (including phenoxy) is 2. The average Bonchev–Trinajstić information content (AvgIpc) is 2.61. The normalized spacial score (nSPS) is 15.5. The van der Waals surface area contributed by atoms with E-state index in [9.17, 15) is 9.18 Å². The summed E-state index contributed by atoms with van der Waals surface area (Å²) >= 11 is 0. The monoisotopic (exact) mass is 411 g/mol. The number of methoxy groups -OCH3 is 1. The van der Waals surface area contributed by atoms with Gasteiger partial charge in [-0.05, 0) is 6.07 Å². The maximum Gasteiger partial charge on any atom is 0.242 e. The van der Waals surface area contributed by atoms with E-state index in [1.54, 1.807) is 25.3 Å². The molecule has 6 nitrogen and oxygen atoms in total. The number of hydrogen-bond acceptors (Lipinski definition) is 5. The second-order valence-electron chi connectivity index (χ2n) is 5.61. The summed E-state index contributed by atoms with van der Waals surface area (Å²) in [7, 11) is 1.64. The zero-order valence-corrected chi connectivity index (χ0v) is 16.5. The smallest absolute Gasteiger partial charge is 0.242 e. The van der Waals surface area contributed by atoms with Crippen LogP contribution < -0.4 is 10.6 Å². The molecular formula is C17H28Cl2FN3O3. The van der Waals surface area contributed by atoms with Gasteiger partial charge in [-0.2, -0.15) is 0 Å². The van der Waals surface area contributed by atoms with Gasteiger partial charge in [-0.15, -0.1) is 24.8 Å². The van der Waals surface area contributed by atoms with E-state index in [1.165, 1.54) is 6.07 Å². The van der Waals surface area contributed by atoms with Crippen molar-refractivity contribution in [1.82, 2.24) is 15.5 Å². The molecule has 0 radical (unpaired) electrons. The van der Waals surface area contributed by atoms with Crippen molar-refractivity contribution in [1.29, 1.82) is 0 Å². The Kier molecular flexibility index (Phi) is 13.6. The van der Waals surface area contributed by atoms with E-state index < -0.39 is 6.04 Å². The number of carbonyl (C=O) groups is 1. The molecule has 1 unspecified atom stereocenters. The molecule has 1 aromatic rings. The lowest BCUT2D eigenvalue weighted by molar-refractivity contribution is -0.128. The predicted molar refractivity (Wildman–Crippen MR) is 104 cm³/mol. The molecule has 1 fully saturated rings. The zero-order chi connectivity index (χ0) is 17.2. The Bertz CT molecular complexity index is 520. The highest BCUT2D eigenvalue weighted by Crippen LogP contribution is 2.24. The summed E-state index contributed by atoms with van der Waals surface area (Å²) in [5.74, 6) is -0.544. The first kappa shape index (κ1) is 25.0. The fourth-order valence-corrected chi connectivity index (χ4v) is 2.71. The van der Waals surface area contributed by atoms with E-state index in [0.717, 1.165) is 6.54 Å². The standard InChI is InChI=1S/C17H26FN3O3.2ClH/c1-23-11-8-19-6-7-20-17(22)16(21-9-12-24-13-10-21)14-4-2-3-5-15(14)18;;/h2-5,16,19H,6-13H2,1H3,(H,20,22);2*1H. The van der Waals surface area contributed by atoms with E-state index in [0.29, 0.717) is 51.6 Å². The maximum absolute atomic E-state index is 14.2. The second-order valence-corrected chi connectivity index (χ2v) is 5.61. The van der Waals surface area contributed by atoms with Gasteiger partial charge in [-0.1, -0.05) is 18.2 Å². The third-order valence-corrected chi connectivity index (χ3v) is 3.94. The molecule has 0 spiro atoms. The lowest BCUT2D eigenvalue weighted by Gasteiger charge is -2.34. The maximum atomic E-state index is 14.2. The van der Waals surface area contributed by atoms with Crippen molar-refractivity contribution in [3.05, 3.63) is 35.6 Å². The molecule has 0 bridgehead atoms. The predicted octanol–water partition coefficient (Wildman–Crippen LogP) is 1.39. The number of carbonyl (C=O) groups excluding carboxylic acids is 1. The van der Waals surface area contributed by atoms with E-state index >= 15 is 0 Å². The van der Waals surface area contributed by atoms with E-state index in [2.05, 4.69) is 10.6 Å². The van der Waals surface area contributed by atoms with Gasteiger partial charge in [0.2, 0.25) is 5.91 Å². The number of benzene rings is 1. The van der Waals surface area contributed by atoms with Gasteiger partial charge in [0.1, 0.15) is 11.9 Å². The summed E-state index contributed by atoms with van der Waals surface area (Å²) < 4.78 is 24.5. The van der Waals surface area contributed by atoms with Gasteiger partial charge in [0.15, 0.2) is 0 Å². The van der Waals surface area contributed by atoms with Crippen LogP contribution in [-0.4, -0.2) is 70.5 Å². The minimum absolute atomic E-state index is 0. The highest BCUT2D eigenvalue weighted by atomic mass is 35.5. The van der Waals surface area contributed by atoms with Crippen LogP contribution in [-0.2, 0) is 14.3 Å². The molecule has 1 atom stereocenters. The van der Waals surface area contributed by atoms with Gasteiger partial charge in [-0.25, -0.2) is 4.39 Å². The molecule has 0 aromatic heterocycles. The van der Waals surface area contributed by atoms with Crippen molar-refractivity contribution in [3.63, 3.8) is 0 Å². The van der Waals surface area contributed by atoms with Crippen LogP contribution in [0.1, 0.15) is 11.6 Å². The number of nitrogens with one attached hydrogen (secondary N) is 2. The molecule has 1 heterocycles. The van der Waals surface area contributed by atoms with Crippen LogP contribution in [0.2, 0.25) is 0 Å². The van der Waals surface area contributed by atoms with Crippen molar-refractivity contribution in [2.45, 2.75) is 6.04 Å².